The van der Waals surface area contributed by atoms with Crippen LogP contribution in [0.3, 0.4) is 0 Å². The van der Waals surface area contributed by atoms with Gasteiger partial charge in [0.15, 0.2) is 6.10 Å². The number of para-hydroxylation sites is 1. The molecule has 7 heteroatoms. The number of benzene rings is 3. The Morgan fingerprint density at radius 1 is 0.812 bits per heavy atom. The number of nitrogens with one attached hydrogen (secondary N) is 2. The number of hydrogen-bond donors (Lipinski definition) is 2. The maximum absolute atomic E-state index is 12.9. The topological polar surface area (TPSA) is 85.9 Å². The van der Waals surface area contributed by atoms with E-state index in [0.29, 0.717) is 40.6 Å². The minimum atomic E-state index is -0.689. The van der Waals surface area contributed by atoms with Gasteiger partial charge in [-0.3, -0.25) is 9.59 Å². The van der Waals surface area contributed by atoms with Crippen molar-refractivity contribution >= 4 is 23.2 Å². The number of methoxy groups -OCH3 is 2. The molecule has 3 rings (SSSR count). The number of amides is 2. The molecule has 0 saturated carbocycles. The standard InChI is InChI=1S/C25H26N2O5/c1-4-21(32-18-13-9-6-10-14-18)25(29)27-20-16-22(30-2)19(15-23(20)31-3)26-24(28)17-11-7-5-8-12-17/h5-16,21H,4H2,1-3H3,(H,26,28)(H,27,29)/t21-/m1/s1. The summed E-state index contributed by atoms with van der Waals surface area (Å²) in [4.78, 5) is 25.4. The quantitative estimate of drug-likeness (QED) is 0.508. The van der Waals surface area contributed by atoms with Crippen molar-refractivity contribution in [2.75, 3.05) is 24.9 Å². The van der Waals surface area contributed by atoms with Gasteiger partial charge in [0.25, 0.3) is 11.8 Å². The second kappa shape index (κ2) is 10.9. The maximum Gasteiger partial charge on any atom is 0.265 e. The van der Waals surface area contributed by atoms with E-state index in [1.54, 1.807) is 48.5 Å². The van der Waals surface area contributed by atoms with Crippen LogP contribution in [0.25, 0.3) is 0 Å². The lowest BCUT2D eigenvalue weighted by Crippen LogP contribution is -2.32. The molecule has 3 aromatic carbocycles. The monoisotopic (exact) mass is 434 g/mol. The molecule has 0 unspecified atom stereocenters. The summed E-state index contributed by atoms with van der Waals surface area (Å²) in [6, 6.07) is 21.2. The Bertz CT molecular complexity index is 1050. The summed E-state index contributed by atoms with van der Waals surface area (Å²) in [7, 11) is 2.97. The summed E-state index contributed by atoms with van der Waals surface area (Å²) in [5, 5.41) is 5.66. The molecule has 166 valence electrons. The van der Waals surface area contributed by atoms with Gasteiger partial charge in [-0.25, -0.2) is 0 Å². The number of carbonyl (C=O) groups excluding carboxylic acids is 2. The van der Waals surface area contributed by atoms with Gasteiger partial charge in [0.05, 0.1) is 25.6 Å². The highest BCUT2D eigenvalue weighted by Crippen LogP contribution is 2.37. The fourth-order valence-corrected chi connectivity index (χ4v) is 3.08. The van der Waals surface area contributed by atoms with E-state index in [0.717, 1.165) is 0 Å². The summed E-state index contributed by atoms with van der Waals surface area (Å²) in [5.74, 6) is 0.750. The molecule has 32 heavy (non-hydrogen) atoms. The van der Waals surface area contributed by atoms with Crippen LogP contribution in [0.5, 0.6) is 17.2 Å². The molecule has 1 atom stereocenters. The van der Waals surface area contributed by atoms with Crippen molar-refractivity contribution < 1.29 is 23.8 Å². The highest BCUT2D eigenvalue weighted by atomic mass is 16.5. The molecule has 0 aliphatic heterocycles. The Morgan fingerprint density at radius 2 is 1.34 bits per heavy atom. The minimum absolute atomic E-state index is 0.287. The van der Waals surface area contributed by atoms with Crippen LogP contribution in [0.4, 0.5) is 11.4 Å². The fourth-order valence-electron chi connectivity index (χ4n) is 3.08. The highest BCUT2D eigenvalue weighted by Gasteiger charge is 2.22. The Hall–Kier alpha value is -4.00. The zero-order valence-electron chi connectivity index (χ0n) is 18.3. The average Bonchev–Trinajstić information content (AvgIpc) is 2.84. The van der Waals surface area contributed by atoms with E-state index < -0.39 is 6.10 Å². The third-order valence-electron chi connectivity index (χ3n) is 4.75. The van der Waals surface area contributed by atoms with E-state index in [9.17, 15) is 9.59 Å². The predicted octanol–water partition coefficient (Wildman–Crippen LogP) is 4.75. The first kappa shape index (κ1) is 22.7. The van der Waals surface area contributed by atoms with Gasteiger partial charge in [0, 0.05) is 17.7 Å². The van der Waals surface area contributed by atoms with Gasteiger partial charge >= 0.3 is 0 Å². The van der Waals surface area contributed by atoms with Crippen LogP contribution < -0.4 is 24.8 Å². The number of ether oxygens (including phenoxy) is 3. The Labute approximate surface area is 187 Å². The number of anilines is 2. The molecule has 3 aromatic rings. The molecule has 0 aliphatic rings. The highest BCUT2D eigenvalue weighted by molar-refractivity contribution is 6.05. The minimum Gasteiger partial charge on any atom is -0.494 e. The van der Waals surface area contributed by atoms with Crippen molar-refractivity contribution in [3.05, 3.63) is 78.4 Å². The largest absolute Gasteiger partial charge is 0.494 e. The van der Waals surface area contributed by atoms with E-state index >= 15 is 0 Å². The summed E-state index contributed by atoms with van der Waals surface area (Å²) >= 11 is 0. The van der Waals surface area contributed by atoms with Gasteiger partial charge in [0.1, 0.15) is 17.2 Å². The van der Waals surface area contributed by atoms with Crippen molar-refractivity contribution in [1.82, 2.24) is 0 Å². The second-order valence-electron chi connectivity index (χ2n) is 6.89. The van der Waals surface area contributed by atoms with Crippen molar-refractivity contribution in [3.63, 3.8) is 0 Å². The molecule has 0 heterocycles. The Kier molecular flexibility index (Phi) is 7.70. The second-order valence-corrected chi connectivity index (χ2v) is 6.89. The summed E-state index contributed by atoms with van der Waals surface area (Å²) in [6.07, 6.45) is -0.212. The molecular formula is C25H26N2O5. The molecular weight excluding hydrogens is 408 g/mol. The van der Waals surface area contributed by atoms with Gasteiger partial charge in [-0.15, -0.1) is 0 Å². The number of rotatable bonds is 9. The lowest BCUT2D eigenvalue weighted by Gasteiger charge is -2.20. The van der Waals surface area contributed by atoms with E-state index in [4.69, 9.17) is 14.2 Å². The average molecular weight is 434 g/mol. The van der Waals surface area contributed by atoms with Crippen molar-refractivity contribution in [2.45, 2.75) is 19.4 Å². The van der Waals surface area contributed by atoms with Crippen LogP contribution >= 0.6 is 0 Å². The van der Waals surface area contributed by atoms with E-state index in [1.165, 1.54) is 14.2 Å². The van der Waals surface area contributed by atoms with Crippen LogP contribution in [-0.2, 0) is 4.79 Å². The Balaban J connectivity index is 1.80. The molecule has 0 spiro atoms. The van der Waals surface area contributed by atoms with Crippen LogP contribution in [0.15, 0.2) is 72.8 Å². The first-order valence-electron chi connectivity index (χ1n) is 10.2. The van der Waals surface area contributed by atoms with Gasteiger partial charge in [-0.05, 0) is 30.7 Å². The zero-order valence-corrected chi connectivity index (χ0v) is 18.3. The first-order chi connectivity index (χ1) is 15.5. The lowest BCUT2D eigenvalue weighted by atomic mass is 10.1. The molecule has 2 amide bonds. The summed E-state index contributed by atoms with van der Waals surface area (Å²) in [5.41, 5.74) is 1.33. The van der Waals surface area contributed by atoms with Crippen LogP contribution in [-0.4, -0.2) is 32.1 Å². The first-order valence-corrected chi connectivity index (χ1v) is 10.2. The van der Waals surface area contributed by atoms with E-state index in [1.807, 2.05) is 31.2 Å². The van der Waals surface area contributed by atoms with E-state index in [-0.39, 0.29) is 11.8 Å². The molecule has 0 aromatic heterocycles. The third-order valence-corrected chi connectivity index (χ3v) is 4.75. The zero-order chi connectivity index (χ0) is 22.9. The fraction of sp³-hybridized carbons (Fsp3) is 0.200. The van der Waals surface area contributed by atoms with Crippen LogP contribution in [0.2, 0.25) is 0 Å². The van der Waals surface area contributed by atoms with Crippen molar-refractivity contribution in [2.24, 2.45) is 0 Å². The normalized spacial score (nSPS) is 11.2. The molecule has 2 N–H and O–H groups in total. The van der Waals surface area contributed by atoms with Gasteiger partial charge < -0.3 is 24.8 Å². The smallest absolute Gasteiger partial charge is 0.265 e. The van der Waals surface area contributed by atoms with Crippen molar-refractivity contribution in [3.8, 4) is 17.2 Å². The Morgan fingerprint density at radius 3 is 1.88 bits per heavy atom. The predicted molar refractivity (Wildman–Crippen MR) is 124 cm³/mol. The molecule has 0 fully saturated rings. The van der Waals surface area contributed by atoms with Crippen LogP contribution in [0.1, 0.15) is 23.7 Å². The summed E-state index contributed by atoms with van der Waals surface area (Å²) in [6.45, 7) is 1.87. The molecule has 0 bridgehead atoms. The van der Waals surface area contributed by atoms with Crippen molar-refractivity contribution in [1.29, 1.82) is 0 Å². The number of carbonyl (C=O) groups is 2. The lowest BCUT2D eigenvalue weighted by molar-refractivity contribution is -0.122. The van der Waals surface area contributed by atoms with Gasteiger partial charge in [0.2, 0.25) is 0 Å². The van der Waals surface area contributed by atoms with Crippen LogP contribution in [0, 0.1) is 0 Å². The molecule has 7 nitrogen and oxygen atoms in total. The summed E-state index contributed by atoms with van der Waals surface area (Å²) < 4.78 is 16.7. The SMILES string of the molecule is CC[C@@H](Oc1ccccc1)C(=O)Nc1cc(OC)c(NC(=O)c2ccccc2)cc1OC. The van der Waals surface area contributed by atoms with Gasteiger partial charge in [-0.2, -0.15) is 0 Å². The molecule has 0 saturated heterocycles. The molecule has 0 radical (unpaired) electrons. The maximum atomic E-state index is 12.9. The van der Waals surface area contributed by atoms with E-state index in [2.05, 4.69) is 10.6 Å². The van der Waals surface area contributed by atoms with Gasteiger partial charge in [-0.1, -0.05) is 43.3 Å². The number of hydrogen-bond acceptors (Lipinski definition) is 5. The third kappa shape index (κ3) is 5.57. The molecule has 0 aliphatic carbocycles.